The third-order valence-corrected chi connectivity index (χ3v) is 13.8. The summed E-state index contributed by atoms with van der Waals surface area (Å²) in [6.45, 7) is 4.78. The van der Waals surface area contributed by atoms with Crippen LogP contribution in [0.25, 0.3) is 108 Å². The van der Waals surface area contributed by atoms with Crippen molar-refractivity contribution in [2.45, 2.75) is 19.3 Å². The highest BCUT2D eigenvalue weighted by Crippen LogP contribution is 2.54. The molecule has 0 spiro atoms. The lowest BCUT2D eigenvalue weighted by atomic mass is 9.81. The smallest absolute Gasteiger partial charge is 0.0361 e. The Kier molecular flexibility index (Phi) is 6.66. The Bertz CT molecular complexity index is 3390. The topological polar surface area (TPSA) is 0 Å². The molecule has 0 radical (unpaired) electrons. The van der Waals surface area contributed by atoms with Crippen molar-refractivity contribution in [3.05, 3.63) is 193 Å². The number of rotatable bonds is 3. The molecule has 262 valence electrons. The summed E-state index contributed by atoms with van der Waals surface area (Å²) in [6.07, 6.45) is 0. The molecule has 1 heterocycles. The Morgan fingerprint density at radius 2 is 0.893 bits per heavy atom. The summed E-state index contributed by atoms with van der Waals surface area (Å²) in [4.78, 5) is 0. The molecule has 12 rings (SSSR count). The van der Waals surface area contributed by atoms with Gasteiger partial charge in [0.2, 0.25) is 0 Å². The van der Waals surface area contributed by atoms with Gasteiger partial charge in [-0.15, -0.1) is 11.3 Å². The molecule has 1 aliphatic rings. The van der Waals surface area contributed by atoms with Crippen LogP contribution in [0.3, 0.4) is 0 Å². The molecule has 0 atom stereocenters. The lowest BCUT2D eigenvalue weighted by Crippen LogP contribution is -2.14. The molecule has 1 heteroatoms. The fourth-order valence-corrected chi connectivity index (χ4v) is 11.1. The van der Waals surface area contributed by atoms with Crippen LogP contribution in [0.15, 0.2) is 182 Å². The second-order valence-corrected chi connectivity index (χ2v) is 17.1. The Labute approximate surface area is 329 Å². The Morgan fingerprint density at radius 3 is 1.64 bits per heavy atom. The molecule has 11 aromatic rings. The number of benzene rings is 10. The van der Waals surface area contributed by atoms with Gasteiger partial charge in [-0.2, -0.15) is 0 Å². The maximum absolute atomic E-state index is 2.47. The predicted molar refractivity (Wildman–Crippen MR) is 243 cm³/mol. The van der Waals surface area contributed by atoms with Crippen LogP contribution < -0.4 is 0 Å². The van der Waals surface area contributed by atoms with E-state index in [1.807, 2.05) is 11.3 Å². The molecule has 56 heavy (non-hydrogen) atoms. The van der Waals surface area contributed by atoms with Crippen LogP contribution in [-0.4, -0.2) is 0 Å². The zero-order valence-corrected chi connectivity index (χ0v) is 32.0. The van der Waals surface area contributed by atoms with Crippen molar-refractivity contribution in [3.8, 4) is 44.5 Å². The van der Waals surface area contributed by atoms with E-state index in [1.165, 1.54) is 119 Å². The highest BCUT2D eigenvalue weighted by molar-refractivity contribution is 7.26. The fourth-order valence-electron chi connectivity index (χ4n) is 10.0. The summed E-state index contributed by atoms with van der Waals surface area (Å²) in [7, 11) is 0. The first-order valence-electron chi connectivity index (χ1n) is 19.6. The van der Waals surface area contributed by atoms with Crippen LogP contribution in [0.5, 0.6) is 0 Å². The van der Waals surface area contributed by atoms with E-state index >= 15 is 0 Å². The molecule has 1 aliphatic carbocycles. The largest absolute Gasteiger partial charge is 0.135 e. The molecule has 0 saturated heterocycles. The first-order chi connectivity index (χ1) is 27.5. The highest BCUT2D eigenvalue weighted by atomic mass is 32.1. The van der Waals surface area contributed by atoms with Gasteiger partial charge in [-0.25, -0.2) is 0 Å². The number of thiophene rings is 1. The van der Waals surface area contributed by atoms with Gasteiger partial charge in [0.15, 0.2) is 0 Å². The highest BCUT2D eigenvalue weighted by Gasteiger charge is 2.37. The van der Waals surface area contributed by atoms with Gasteiger partial charge in [0.1, 0.15) is 0 Å². The fraction of sp³-hybridized carbons (Fsp3) is 0.0545. The Balaban J connectivity index is 1.05. The quantitative estimate of drug-likeness (QED) is 0.159. The van der Waals surface area contributed by atoms with Crippen LogP contribution in [0, 0.1) is 0 Å². The standard InChI is InChI=1S/C55H36S/c1-55(2)47-27-24-36(32-46(47)53-43-26-29-50-54(44(43)25-28-48(53)55)45-20-9-10-21-49(45)56-50)35-14-11-15-37(31-35)51-39-16-5-7-18-41(39)52(42-19-8-6-17-40(42)51)38-23-22-33-12-3-4-13-34(33)30-38/h3-32H,1-2H3. The van der Waals surface area contributed by atoms with Gasteiger partial charge in [0, 0.05) is 25.6 Å². The minimum atomic E-state index is -0.0878. The van der Waals surface area contributed by atoms with Crippen LogP contribution in [-0.2, 0) is 5.41 Å². The van der Waals surface area contributed by atoms with E-state index < -0.39 is 0 Å². The Morgan fingerprint density at radius 1 is 0.339 bits per heavy atom. The molecule has 0 amide bonds. The van der Waals surface area contributed by atoms with Crippen LogP contribution in [0.2, 0.25) is 0 Å². The van der Waals surface area contributed by atoms with E-state index in [0.717, 1.165) is 0 Å². The van der Waals surface area contributed by atoms with Gasteiger partial charge in [-0.1, -0.05) is 166 Å². The van der Waals surface area contributed by atoms with Gasteiger partial charge in [0.05, 0.1) is 0 Å². The summed E-state index contributed by atoms with van der Waals surface area (Å²) in [5.74, 6) is 0. The molecule has 1 aromatic heterocycles. The number of hydrogen-bond donors (Lipinski definition) is 0. The molecule has 0 bridgehead atoms. The summed E-state index contributed by atoms with van der Waals surface area (Å²) < 4.78 is 2.70. The van der Waals surface area contributed by atoms with Crippen molar-refractivity contribution in [2.24, 2.45) is 0 Å². The maximum atomic E-state index is 2.47. The summed E-state index contributed by atoms with van der Waals surface area (Å²) in [6, 6.07) is 68.3. The zero-order chi connectivity index (χ0) is 37.1. The zero-order valence-electron chi connectivity index (χ0n) is 31.2. The molecular weight excluding hydrogens is 693 g/mol. The average Bonchev–Trinajstić information content (AvgIpc) is 3.74. The minimum absolute atomic E-state index is 0.0878. The van der Waals surface area contributed by atoms with Crippen molar-refractivity contribution >= 4 is 74.6 Å². The van der Waals surface area contributed by atoms with Crippen LogP contribution in [0.4, 0.5) is 0 Å². The van der Waals surface area contributed by atoms with Crippen molar-refractivity contribution < 1.29 is 0 Å². The maximum Gasteiger partial charge on any atom is 0.0361 e. The van der Waals surface area contributed by atoms with Crippen molar-refractivity contribution in [1.29, 1.82) is 0 Å². The predicted octanol–water partition coefficient (Wildman–Crippen LogP) is 16.0. The first kappa shape index (κ1) is 31.8. The van der Waals surface area contributed by atoms with E-state index in [2.05, 4.69) is 196 Å². The minimum Gasteiger partial charge on any atom is -0.135 e. The van der Waals surface area contributed by atoms with E-state index in [0.29, 0.717) is 0 Å². The van der Waals surface area contributed by atoms with Gasteiger partial charge in [0.25, 0.3) is 0 Å². The summed E-state index contributed by atoms with van der Waals surface area (Å²) in [5, 5.41) is 13.1. The summed E-state index contributed by atoms with van der Waals surface area (Å²) >= 11 is 1.90. The molecule has 0 unspecified atom stereocenters. The van der Waals surface area contributed by atoms with Crippen LogP contribution >= 0.6 is 11.3 Å². The molecule has 10 aromatic carbocycles. The second-order valence-electron chi connectivity index (χ2n) is 16.0. The molecule has 0 aliphatic heterocycles. The third-order valence-electron chi connectivity index (χ3n) is 12.6. The molecule has 0 N–H and O–H groups in total. The molecular formula is C55H36S. The van der Waals surface area contributed by atoms with Gasteiger partial charge < -0.3 is 0 Å². The first-order valence-corrected chi connectivity index (χ1v) is 20.4. The van der Waals surface area contributed by atoms with E-state index in [1.54, 1.807) is 0 Å². The lowest BCUT2D eigenvalue weighted by molar-refractivity contribution is 0.661. The van der Waals surface area contributed by atoms with E-state index in [-0.39, 0.29) is 5.41 Å². The van der Waals surface area contributed by atoms with Gasteiger partial charge in [-0.05, 0) is 129 Å². The van der Waals surface area contributed by atoms with Crippen LogP contribution in [0.1, 0.15) is 25.0 Å². The van der Waals surface area contributed by atoms with Crippen molar-refractivity contribution in [3.63, 3.8) is 0 Å². The van der Waals surface area contributed by atoms with Crippen molar-refractivity contribution in [1.82, 2.24) is 0 Å². The molecule has 0 nitrogen and oxygen atoms in total. The SMILES string of the molecule is CC1(C)c2ccc(-c3cccc(-c4c5ccccc5c(-c5ccc6ccccc6c5)c5ccccc45)c3)cc2-c2c1ccc1c2ccc2sc3ccccc3c21. The average molecular weight is 729 g/mol. The molecule has 0 saturated carbocycles. The second kappa shape index (κ2) is 11.7. The number of fused-ring (bicyclic) bond motifs is 12. The van der Waals surface area contributed by atoms with Gasteiger partial charge in [-0.3, -0.25) is 0 Å². The monoisotopic (exact) mass is 728 g/mol. The normalized spacial score (nSPS) is 13.3. The molecule has 0 fully saturated rings. The summed E-state index contributed by atoms with van der Waals surface area (Å²) in [5.41, 5.74) is 13.0. The number of hydrogen-bond acceptors (Lipinski definition) is 1. The third kappa shape index (κ3) is 4.47. The van der Waals surface area contributed by atoms with E-state index in [9.17, 15) is 0 Å². The van der Waals surface area contributed by atoms with Crippen molar-refractivity contribution in [2.75, 3.05) is 0 Å². The Hall–Kier alpha value is -6.54. The van der Waals surface area contributed by atoms with Gasteiger partial charge >= 0.3 is 0 Å². The lowest BCUT2D eigenvalue weighted by Gasteiger charge is -2.22. The van der Waals surface area contributed by atoms with E-state index in [4.69, 9.17) is 0 Å².